The van der Waals surface area contributed by atoms with Crippen molar-refractivity contribution < 1.29 is 13.6 Å². The van der Waals surface area contributed by atoms with Crippen LogP contribution in [0.5, 0.6) is 0 Å². The first kappa shape index (κ1) is 16.0. The van der Waals surface area contributed by atoms with Crippen molar-refractivity contribution >= 4 is 13.8 Å². The van der Waals surface area contributed by atoms with Gasteiger partial charge >= 0.3 is 0 Å². The molecule has 0 spiro atoms. The van der Waals surface area contributed by atoms with E-state index in [9.17, 15) is 13.6 Å². The second-order valence-corrected chi connectivity index (χ2v) is 7.13. The molecule has 1 aromatic rings. The minimum atomic E-state index is -2.85. The highest BCUT2D eigenvalue weighted by molar-refractivity contribution is 6.13. The molecule has 1 aliphatic heterocycles. The Morgan fingerprint density at radius 2 is 2.00 bits per heavy atom. The van der Waals surface area contributed by atoms with E-state index in [-0.39, 0.29) is 16.9 Å². The summed E-state index contributed by atoms with van der Waals surface area (Å²) in [5.41, 5.74) is 0.846. The third kappa shape index (κ3) is 3.83. The lowest BCUT2D eigenvalue weighted by Gasteiger charge is -2.26. The molecule has 1 aromatic carbocycles. The van der Waals surface area contributed by atoms with Crippen molar-refractivity contribution in [3.05, 3.63) is 35.4 Å². The van der Waals surface area contributed by atoms with E-state index in [1.807, 2.05) is 0 Å². The maximum absolute atomic E-state index is 13.4. The normalized spacial score (nSPS) is 20.1. The van der Waals surface area contributed by atoms with Crippen molar-refractivity contribution in [3.63, 3.8) is 0 Å². The summed E-state index contributed by atoms with van der Waals surface area (Å²) in [7, 11) is 0.892. The second-order valence-electron chi connectivity index (χ2n) is 7.13. The highest BCUT2D eigenvalue weighted by Crippen LogP contribution is 2.35. The van der Waals surface area contributed by atoms with E-state index in [0.717, 1.165) is 13.4 Å². The van der Waals surface area contributed by atoms with Gasteiger partial charge in [-0.05, 0) is 23.0 Å². The van der Waals surface area contributed by atoms with Crippen LogP contribution in [0.25, 0.3) is 0 Å². The first-order valence-corrected chi connectivity index (χ1v) is 7.32. The molecule has 1 atom stereocenters. The lowest BCUT2D eigenvalue weighted by molar-refractivity contribution is -0.128. The fourth-order valence-electron chi connectivity index (χ4n) is 2.67. The molecule has 5 heteroatoms. The van der Waals surface area contributed by atoms with Crippen LogP contribution in [0.1, 0.15) is 38.3 Å². The molecule has 21 heavy (non-hydrogen) atoms. The summed E-state index contributed by atoms with van der Waals surface area (Å²) in [6, 6.07) is 6.35. The number of hydrogen-bond acceptors (Lipinski definition) is 1. The van der Waals surface area contributed by atoms with Gasteiger partial charge in [0.2, 0.25) is 11.7 Å². The van der Waals surface area contributed by atoms with Crippen molar-refractivity contribution in [1.29, 1.82) is 0 Å². The minimum Gasteiger partial charge on any atom is -0.338 e. The zero-order chi connectivity index (χ0) is 15.8. The number of nitrogens with zero attached hydrogens (tertiary/aromatic N) is 1. The summed E-state index contributed by atoms with van der Waals surface area (Å²) in [6.07, 6.45) is 0.549. The lowest BCUT2D eigenvalue weighted by Crippen LogP contribution is -2.27. The van der Waals surface area contributed by atoms with Crippen LogP contribution in [0, 0.1) is 11.3 Å². The summed E-state index contributed by atoms with van der Waals surface area (Å²) in [4.78, 5) is 13.9. The van der Waals surface area contributed by atoms with Crippen LogP contribution in [0.2, 0.25) is 0 Å². The van der Waals surface area contributed by atoms with Gasteiger partial charge in [0.05, 0.1) is 0 Å². The maximum Gasteiger partial charge on any atom is 0.231 e. The quantitative estimate of drug-likeness (QED) is 0.785. The van der Waals surface area contributed by atoms with Crippen LogP contribution in [0.4, 0.5) is 8.78 Å². The average molecular weight is 293 g/mol. The molecule has 0 radical (unpaired) electrons. The van der Waals surface area contributed by atoms with Crippen LogP contribution < -0.4 is 0 Å². The number of halogens is 2. The summed E-state index contributed by atoms with van der Waals surface area (Å²) in [6.45, 7) is 7.51. The lowest BCUT2D eigenvalue weighted by atomic mass is 9.80. The van der Waals surface area contributed by atoms with Crippen molar-refractivity contribution in [2.75, 3.05) is 6.54 Å². The van der Waals surface area contributed by atoms with Crippen molar-refractivity contribution in [3.8, 4) is 0 Å². The molecule has 114 valence electrons. The molecular formula is C16H22BF2NO. The van der Waals surface area contributed by atoms with Gasteiger partial charge in [0.15, 0.2) is 7.85 Å². The molecule has 0 N–H and O–H groups in total. The molecule has 1 saturated heterocycles. The minimum absolute atomic E-state index is 0.000910. The zero-order valence-corrected chi connectivity index (χ0v) is 13.1. The van der Waals surface area contributed by atoms with Crippen LogP contribution in [0.3, 0.4) is 0 Å². The fourth-order valence-corrected chi connectivity index (χ4v) is 2.67. The molecule has 2 rings (SSSR count). The first-order chi connectivity index (χ1) is 9.57. The predicted molar refractivity (Wildman–Crippen MR) is 81.9 cm³/mol. The Bertz CT molecular complexity index is 534. The number of hydrogen-bond donors (Lipinski definition) is 0. The highest BCUT2D eigenvalue weighted by Gasteiger charge is 2.36. The number of amides is 1. The number of carbonyl (C=O) groups excluding carboxylic acids is 1. The topological polar surface area (TPSA) is 20.3 Å². The van der Waals surface area contributed by atoms with Gasteiger partial charge in [-0.2, -0.15) is 0 Å². The number of alkyl halides is 2. The Kier molecular flexibility index (Phi) is 4.14. The molecule has 1 fully saturated rings. The van der Waals surface area contributed by atoms with E-state index >= 15 is 0 Å². The maximum atomic E-state index is 13.4. The van der Waals surface area contributed by atoms with Crippen molar-refractivity contribution in [1.82, 2.24) is 4.90 Å². The van der Waals surface area contributed by atoms with E-state index in [4.69, 9.17) is 0 Å². The molecule has 1 unspecified atom stereocenters. The summed E-state index contributed by atoms with van der Waals surface area (Å²) in [5, 5.41) is 0. The Labute approximate surface area is 125 Å². The largest absolute Gasteiger partial charge is 0.338 e. The number of benzene rings is 1. The Balaban J connectivity index is 2.11. The van der Waals surface area contributed by atoms with Crippen LogP contribution >= 0.6 is 0 Å². The molecule has 0 bridgehead atoms. The molecular weight excluding hydrogens is 271 g/mol. The van der Waals surface area contributed by atoms with Gasteiger partial charge in [-0.1, -0.05) is 39.0 Å². The number of likely N-dealkylation sites (tertiary alicyclic amines) is 1. The Hall–Kier alpha value is -1.39. The van der Waals surface area contributed by atoms with Gasteiger partial charge in [0, 0.05) is 25.1 Å². The summed E-state index contributed by atoms with van der Waals surface area (Å²) < 4.78 is 26.7. The Morgan fingerprint density at radius 1 is 1.33 bits per heavy atom. The van der Waals surface area contributed by atoms with Crippen LogP contribution in [-0.4, -0.2) is 25.2 Å². The van der Waals surface area contributed by atoms with E-state index in [2.05, 4.69) is 20.8 Å². The van der Waals surface area contributed by atoms with Crippen LogP contribution in [-0.2, 0) is 17.2 Å². The smallest absolute Gasteiger partial charge is 0.231 e. The van der Waals surface area contributed by atoms with Gasteiger partial charge in [0.25, 0.3) is 0 Å². The monoisotopic (exact) mass is 293 g/mol. The van der Waals surface area contributed by atoms with Gasteiger partial charge in [-0.25, -0.2) is 8.78 Å². The third-order valence-corrected chi connectivity index (χ3v) is 4.25. The molecule has 2 nitrogen and oxygen atoms in total. The molecule has 0 saturated carbocycles. The predicted octanol–water partition coefficient (Wildman–Crippen LogP) is 2.76. The van der Waals surface area contributed by atoms with E-state index in [0.29, 0.717) is 25.4 Å². The van der Waals surface area contributed by atoms with Gasteiger partial charge in [0.1, 0.15) is 0 Å². The second kappa shape index (κ2) is 5.43. The van der Waals surface area contributed by atoms with Gasteiger partial charge in [-0.3, -0.25) is 4.79 Å². The number of carbonyl (C=O) groups is 1. The summed E-state index contributed by atoms with van der Waals surface area (Å²) in [5.74, 6) is -2.41. The Morgan fingerprint density at radius 3 is 2.52 bits per heavy atom. The highest BCUT2D eigenvalue weighted by atomic mass is 19.3. The fraction of sp³-hybridized carbons (Fsp3) is 0.562. The number of rotatable bonds is 3. The van der Waals surface area contributed by atoms with Crippen molar-refractivity contribution in [2.45, 2.75) is 39.6 Å². The summed E-state index contributed by atoms with van der Waals surface area (Å²) >= 11 is 0. The average Bonchev–Trinajstić information content (AvgIpc) is 2.70. The standard InChI is InChI=1S/C16H22BF2NO/c1-15(2,3)13-8-14(21)20(10-13)9-11-5-4-6-12(7-11)16(17,18)19/h4-7,13H,8-10,17H2,1-3H3. The molecule has 1 heterocycles. The van der Waals surface area contributed by atoms with E-state index < -0.39 is 5.82 Å². The first-order valence-electron chi connectivity index (χ1n) is 7.32. The molecule has 1 amide bonds. The van der Waals surface area contributed by atoms with Gasteiger partial charge in [-0.15, -0.1) is 0 Å². The molecule has 0 aliphatic carbocycles. The van der Waals surface area contributed by atoms with E-state index in [1.165, 1.54) is 12.1 Å². The zero-order valence-electron chi connectivity index (χ0n) is 13.1. The van der Waals surface area contributed by atoms with Crippen LogP contribution in [0.15, 0.2) is 24.3 Å². The molecule has 0 aromatic heterocycles. The molecule has 1 aliphatic rings. The van der Waals surface area contributed by atoms with E-state index in [1.54, 1.807) is 17.0 Å². The van der Waals surface area contributed by atoms with Gasteiger partial charge < -0.3 is 4.90 Å². The third-order valence-electron chi connectivity index (χ3n) is 4.25. The SMILES string of the molecule is BC(F)(F)c1cccc(CN2CC(C(C)(C)C)CC2=O)c1. The van der Waals surface area contributed by atoms with Crippen molar-refractivity contribution in [2.24, 2.45) is 11.3 Å².